The molecule has 0 bridgehead atoms. The van der Waals surface area contributed by atoms with Crippen LogP contribution in [0, 0.1) is 16.7 Å². The summed E-state index contributed by atoms with van der Waals surface area (Å²) in [5.74, 6) is -1.20. The van der Waals surface area contributed by atoms with Gasteiger partial charge < -0.3 is 10.4 Å². The van der Waals surface area contributed by atoms with Crippen LogP contribution in [0.25, 0.3) is 0 Å². The molecule has 104 valence electrons. The lowest BCUT2D eigenvalue weighted by atomic mass is 9.87. The Kier molecular flexibility index (Phi) is 4.04. The number of carbonyl (C=O) groups is 2. The number of nitriles is 1. The van der Waals surface area contributed by atoms with Gasteiger partial charge in [0.15, 0.2) is 0 Å². The Morgan fingerprint density at radius 2 is 1.85 bits per heavy atom. The summed E-state index contributed by atoms with van der Waals surface area (Å²) in [6, 6.07) is 8.47. The quantitative estimate of drug-likeness (QED) is 0.878. The highest BCUT2D eigenvalue weighted by atomic mass is 16.4. The number of nitrogens with one attached hydrogen (secondary N) is 1. The predicted molar refractivity (Wildman–Crippen MR) is 71.8 cm³/mol. The van der Waals surface area contributed by atoms with Gasteiger partial charge >= 0.3 is 5.97 Å². The van der Waals surface area contributed by atoms with Crippen LogP contribution in [0.3, 0.4) is 0 Å². The van der Waals surface area contributed by atoms with Gasteiger partial charge in [-0.2, -0.15) is 5.26 Å². The third kappa shape index (κ3) is 2.80. The molecule has 0 saturated heterocycles. The molecule has 0 radical (unpaired) electrons. The second kappa shape index (κ2) is 5.74. The molecule has 1 aromatic carbocycles. The van der Waals surface area contributed by atoms with E-state index in [0.717, 1.165) is 18.4 Å². The Balaban J connectivity index is 1.96. The van der Waals surface area contributed by atoms with Crippen molar-refractivity contribution in [2.45, 2.75) is 32.2 Å². The summed E-state index contributed by atoms with van der Waals surface area (Å²) in [6.07, 6.45) is 3.06. The molecular weight excluding hydrogens is 256 g/mol. The number of hydrogen-bond acceptors (Lipinski definition) is 3. The Bertz CT molecular complexity index is 551. The first-order valence-corrected chi connectivity index (χ1v) is 6.59. The maximum absolute atomic E-state index is 12.1. The van der Waals surface area contributed by atoms with E-state index in [1.165, 1.54) is 12.1 Å². The number of rotatable bonds is 4. The minimum atomic E-state index is -0.977. The fourth-order valence-electron chi connectivity index (χ4n) is 2.48. The van der Waals surface area contributed by atoms with Crippen LogP contribution in [0.15, 0.2) is 24.3 Å². The molecule has 1 amide bonds. The summed E-state index contributed by atoms with van der Waals surface area (Å²) < 4.78 is 0. The van der Waals surface area contributed by atoms with Crippen LogP contribution in [-0.4, -0.2) is 17.0 Å². The standard InChI is InChI=1S/C15H16N2O3/c16-10-15(7-1-2-8-15)14(20)17-9-11-3-5-12(6-4-11)13(18)19/h3-6H,1-2,7-9H2,(H,17,20)(H,18,19). The minimum absolute atomic E-state index is 0.212. The number of carboxylic acid groups (broad SMARTS) is 1. The summed E-state index contributed by atoms with van der Waals surface area (Å²) in [5.41, 5.74) is 0.153. The summed E-state index contributed by atoms with van der Waals surface area (Å²) in [4.78, 5) is 22.8. The first-order valence-electron chi connectivity index (χ1n) is 6.59. The molecule has 1 aliphatic rings. The number of carbonyl (C=O) groups excluding carboxylic acids is 1. The van der Waals surface area contributed by atoms with Gasteiger partial charge in [-0.05, 0) is 30.5 Å². The van der Waals surface area contributed by atoms with E-state index >= 15 is 0 Å². The van der Waals surface area contributed by atoms with E-state index in [9.17, 15) is 14.9 Å². The fourth-order valence-corrected chi connectivity index (χ4v) is 2.48. The monoisotopic (exact) mass is 272 g/mol. The molecule has 5 heteroatoms. The highest BCUT2D eigenvalue weighted by molar-refractivity contribution is 5.87. The Labute approximate surface area is 117 Å². The molecule has 1 fully saturated rings. The third-order valence-electron chi connectivity index (χ3n) is 3.76. The van der Waals surface area contributed by atoms with Crippen molar-refractivity contribution in [2.24, 2.45) is 5.41 Å². The van der Waals surface area contributed by atoms with E-state index in [4.69, 9.17) is 5.11 Å². The summed E-state index contributed by atoms with van der Waals surface area (Å²) in [7, 11) is 0. The molecule has 2 rings (SSSR count). The maximum Gasteiger partial charge on any atom is 0.335 e. The van der Waals surface area contributed by atoms with E-state index in [1.807, 2.05) is 0 Å². The second-order valence-corrected chi connectivity index (χ2v) is 5.09. The Morgan fingerprint density at radius 3 is 2.35 bits per heavy atom. The minimum Gasteiger partial charge on any atom is -0.478 e. The van der Waals surface area contributed by atoms with Crippen molar-refractivity contribution in [3.8, 4) is 6.07 Å². The van der Waals surface area contributed by atoms with Crippen molar-refractivity contribution in [3.63, 3.8) is 0 Å². The van der Waals surface area contributed by atoms with E-state index < -0.39 is 11.4 Å². The Morgan fingerprint density at radius 1 is 1.25 bits per heavy atom. The van der Waals surface area contributed by atoms with Gasteiger partial charge in [-0.1, -0.05) is 25.0 Å². The molecule has 20 heavy (non-hydrogen) atoms. The van der Waals surface area contributed by atoms with Crippen LogP contribution in [0.2, 0.25) is 0 Å². The zero-order chi connectivity index (χ0) is 14.6. The van der Waals surface area contributed by atoms with Crippen LogP contribution >= 0.6 is 0 Å². The van der Waals surface area contributed by atoms with Gasteiger partial charge in [0.05, 0.1) is 11.6 Å². The van der Waals surface area contributed by atoms with Crippen molar-refractivity contribution in [1.82, 2.24) is 5.32 Å². The zero-order valence-electron chi connectivity index (χ0n) is 11.1. The van der Waals surface area contributed by atoms with Crippen molar-refractivity contribution in [3.05, 3.63) is 35.4 Å². The number of nitrogens with zero attached hydrogens (tertiary/aromatic N) is 1. The molecule has 0 unspecified atom stereocenters. The molecular formula is C15H16N2O3. The average Bonchev–Trinajstić information content (AvgIpc) is 2.95. The number of benzene rings is 1. The summed E-state index contributed by atoms with van der Waals surface area (Å²) in [6.45, 7) is 0.308. The lowest BCUT2D eigenvalue weighted by Gasteiger charge is -2.19. The number of aromatic carboxylic acids is 1. The molecule has 0 aromatic heterocycles. The summed E-state index contributed by atoms with van der Waals surface area (Å²) in [5, 5.41) is 20.8. The smallest absolute Gasteiger partial charge is 0.335 e. The lowest BCUT2D eigenvalue weighted by Crippen LogP contribution is -2.37. The molecule has 5 nitrogen and oxygen atoms in total. The maximum atomic E-state index is 12.1. The molecule has 0 aliphatic heterocycles. The SMILES string of the molecule is N#CC1(C(=O)NCc2ccc(C(=O)O)cc2)CCCC1. The van der Waals surface area contributed by atoms with Crippen LogP contribution in [0.5, 0.6) is 0 Å². The van der Waals surface area contributed by atoms with Gasteiger partial charge in [-0.15, -0.1) is 0 Å². The topological polar surface area (TPSA) is 90.2 Å². The molecule has 0 heterocycles. The number of carboxylic acids is 1. The molecule has 0 spiro atoms. The van der Waals surface area contributed by atoms with Gasteiger partial charge in [-0.25, -0.2) is 4.79 Å². The van der Waals surface area contributed by atoms with Crippen molar-refractivity contribution in [2.75, 3.05) is 0 Å². The van der Waals surface area contributed by atoms with Gasteiger partial charge in [0.2, 0.25) is 5.91 Å². The predicted octanol–water partition coefficient (Wildman–Crippen LogP) is 2.08. The molecule has 2 N–H and O–H groups in total. The largest absolute Gasteiger partial charge is 0.478 e. The van der Waals surface area contributed by atoms with Gasteiger partial charge in [-0.3, -0.25) is 4.79 Å². The van der Waals surface area contributed by atoms with E-state index in [1.54, 1.807) is 12.1 Å². The highest BCUT2D eigenvalue weighted by Gasteiger charge is 2.41. The van der Waals surface area contributed by atoms with Crippen LogP contribution in [0.4, 0.5) is 0 Å². The van der Waals surface area contributed by atoms with Gasteiger partial charge in [0.1, 0.15) is 5.41 Å². The van der Waals surface area contributed by atoms with Crippen molar-refractivity contribution >= 4 is 11.9 Å². The third-order valence-corrected chi connectivity index (χ3v) is 3.76. The Hall–Kier alpha value is -2.35. The van der Waals surface area contributed by atoms with E-state index in [2.05, 4.69) is 11.4 Å². The molecule has 1 aromatic rings. The highest BCUT2D eigenvalue weighted by Crippen LogP contribution is 2.37. The first-order chi connectivity index (χ1) is 9.57. The van der Waals surface area contributed by atoms with E-state index in [0.29, 0.717) is 19.4 Å². The normalized spacial score (nSPS) is 16.4. The molecule has 1 aliphatic carbocycles. The zero-order valence-corrected chi connectivity index (χ0v) is 11.1. The lowest BCUT2D eigenvalue weighted by molar-refractivity contribution is -0.128. The summed E-state index contributed by atoms with van der Waals surface area (Å²) >= 11 is 0. The molecule has 1 saturated carbocycles. The van der Waals surface area contributed by atoms with E-state index in [-0.39, 0.29) is 11.5 Å². The number of amides is 1. The van der Waals surface area contributed by atoms with Crippen molar-refractivity contribution in [1.29, 1.82) is 5.26 Å². The van der Waals surface area contributed by atoms with Gasteiger partial charge in [0, 0.05) is 6.54 Å². The van der Waals surface area contributed by atoms with Crippen LogP contribution in [-0.2, 0) is 11.3 Å². The van der Waals surface area contributed by atoms with Crippen LogP contribution < -0.4 is 5.32 Å². The van der Waals surface area contributed by atoms with Gasteiger partial charge in [0.25, 0.3) is 0 Å². The molecule has 0 atom stereocenters. The number of hydrogen-bond donors (Lipinski definition) is 2. The first kappa shape index (κ1) is 14.1. The van der Waals surface area contributed by atoms with Crippen LogP contribution in [0.1, 0.15) is 41.6 Å². The fraction of sp³-hybridized carbons (Fsp3) is 0.400. The second-order valence-electron chi connectivity index (χ2n) is 5.09. The van der Waals surface area contributed by atoms with Crippen molar-refractivity contribution < 1.29 is 14.7 Å². The average molecular weight is 272 g/mol.